The van der Waals surface area contributed by atoms with Crippen LogP contribution in [0.2, 0.25) is 0 Å². The van der Waals surface area contributed by atoms with E-state index in [1.165, 1.54) is 3.77 Å². The summed E-state index contributed by atoms with van der Waals surface area (Å²) in [7, 11) is -8.22. The Balaban J connectivity index is 4.81. The highest BCUT2D eigenvalue weighted by Gasteiger charge is 2.36. The van der Waals surface area contributed by atoms with Gasteiger partial charge in [-0.25, -0.2) is 4.21 Å². The minimum absolute atomic E-state index is 1.51. The highest BCUT2D eigenvalue weighted by molar-refractivity contribution is 7.92. The number of halogens is 6. The van der Waals surface area contributed by atoms with Crippen molar-refractivity contribution < 1.29 is 34.8 Å². The minimum Gasteiger partial charge on any atom is -0.435 e. The second kappa shape index (κ2) is 3.82. The molecule has 0 N–H and O–H groups in total. The number of hydrogen-bond acceptors (Lipinski definition) is 3. The van der Waals surface area contributed by atoms with Crippen LogP contribution in [0.4, 0.5) is 26.3 Å². The van der Waals surface area contributed by atoms with E-state index < -0.39 is 32.6 Å². The van der Waals surface area contributed by atoms with Crippen LogP contribution in [0.5, 0.6) is 0 Å². The van der Waals surface area contributed by atoms with Gasteiger partial charge in [0.2, 0.25) is 11.0 Å². The van der Waals surface area contributed by atoms with E-state index in [1.54, 1.807) is 0 Å². The van der Waals surface area contributed by atoms with Crippen molar-refractivity contribution in [2.24, 2.45) is 3.77 Å². The standard InChI is InChI=1S/C2F6NO2S2/c3-1(4,5)12(10)9-13(11)2(6,7)8/q-1. The van der Waals surface area contributed by atoms with Crippen LogP contribution in [-0.2, 0) is 25.8 Å². The zero-order valence-electron chi connectivity index (χ0n) is 5.35. The van der Waals surface area contributed by atoms with Gasteiger partial charge in [-0.2, -0.15) is 26.3 Å². The largest absolute Gasteiger partial charge is 0.490 e. The summed E-state index contributed by atoms with van der Waals surface area (Å²) >= 11 is 0. The van der Waals surface area contributed by atoms with E-state index in [0.29, 0.717) is 0 Å². The fourth-order valence-corrected chi connectivity index (χ4v) is 1.31. The van der Waals surface area contributed by atoms with Crippen molar-refractivity contribution in [3.8, 4) is 0 Å². The molecule has 0 heterocycles. The van der Waals surface area contributed by atoms with Gasteiger partial charge in [0.1, 0.15) is 0 Å². The Kier molecular flexibility index (Phi) is 3.72. The molecule has 1 unspecified atom stereocenters. The summed E-state index contributed by atoms with van der Waals surface area (Å²) in [4.78, 5) is 0. The summed E-state index contributed by atoms with van der Waals surface area (Å²) in [6.45, 7) is 0. The molecule has 0 rings (SSSR count). The Morgan fingerprint density at radius 2 is 1.46 bits per heavy atom. The zero-order chi connectivity index (χ0) is 10.9. The Hall–Kier alpha value is -0.320. The molecule has 0 spiro atoms. The Morgan fingerprint density at radius 1 is 1.08 bits per heavy atom. The van der Waals surface area contributed by atoms with Crippen LogP contribution in [0.25, 0.3) is 0 Å². The van der Waals surface area contributed by atoms with Gasteiger partial charge in [-0.15, -0.1) is 0 Å². The van der Waals surface area contributed by atoms with E-state index in [9.17, 15) is 34.8 Å². The predicted octanol–water partition coefficient (Wildman–Crippen LogP) is 1.84. The molecular formula is C2F6NO2S2-. The lowest BCUT2D eigenvalue weighted by Gasteiger charge is -2.09. The molecule has 0 radical (unpaired) electrons. The first-order valence-corrected chi connectivity index (χ1v) is 4.45. The third-order valence-electron chi connectivity index (χ3n) is 0.531. The first kappa shape index (κ1) is 12.7. The topological polar surface area (TPSA) is 46.5 Å². The molecule has 0 fully saturated rings. The Bertz CT molecular complexity index is 284. The molecule has 0 aliphatic rings. The predicted molar refractivity (Wildman–Crippen MR) is 30.7 cm³/mol. The Morgan fingerprint density at radius 3 is 1.69 bits per heavy atom. The van der Waals surface area contributed by atoms with Gasteiger partial charge in [0, 0.05) is 0 Å². The van der Waals surface area contributed by atoms with Gasteiger partial charge in [0.15, 0.2) is 0 Å². The lowest BCUT2D eigenvalue weighted by atomic mass is 11.6. The fraction of sp³-hybridized carbons (Fsp3) is 1.00. The highest BCUT2D eigenvalue weighted by Crippen LogP contribution is 2.24. The molecule has 13 heavy (non-hydrogen) atoms. The summed E-state index contributed by atoms with van der Waals surface area (Å²) < 4.78 is 89.0. The lowest BCUT2D eigenvalue weighted by molar-refractivity contribution is -0.0393. The van der Waals surface area contributed by atoms with Crippen LogP contribution in [-0.4, -0.2) is 15.2 Å². The second-order valence-corrected chi connectivity index (χ2v) is 3.98. The molecule has 0 bridgehead atoms. The van der Waals surface area contributed by atoms with E-state index in [2.05, 4.69) is 0 Å². The van der Waals surface area contributed by atoms with Crippen LogP contribution in [0.3, 0.4) is 0 Å². The van der Waals surface area contributed by atoms with Crippen molar-refractivity contribution in [3.05, 3.63) is 0 Å². The van der Waals surface area contributed by atoms with E-state index in [0.717, 1.165) is 0 Å². The second-order valence-electron chi connectivity index (χ2n) is 1.46. The molecular weight excluding hydrogens is 248 g/mol. The van der Waals surface area contributed by atoms with Gasteiger partial charge in [0.05, 0.1) is 0 Å². The fourth-order valence-electron chi connectivity index (χ4n) is 0.146. The molecule has 0 aromatic carbocycles. The van der Waals surface area contributed by atoms with Crippen molar-refractivity contribution in [2.75, 3.05) is 0 Å². The summed E-state index contributed by atoms with van der Waals surface area (Å²) in [6.07, 6.45) is 0. The average molecular weight is 248 g/mol. The van der Waals surface area contributed by atoms with E-state index in [1.807, 2.05) is 0 Å². The van der Waals surface area contributed by atoms with Crippen molar-refractivity contribution in [2.45, 2.75) is 11.0 Å². The molecule has 3 nitrogen and oxygen atoms in total. The van der Waals surface area contributed by atoms with Gasteiger partial charge in [-0.1, -0.05) is 10.6 Å². The molecule has 1 atom stereocenters. The van der Waals surface area contributed by atoms with Crippen LogP contribution in [0, 0.1) is 0 Å². The van der Waals surface area contributed by atoms with E-state index in [-0.39, 0.29) is 0 Å². The van der Waals surface area contributed by atoms with Gasteiger partial charge in [-0.05, 0) is 0 Å². The number of rotatable bonds is 1. The van der Waals surface area contributed by atoms with E-state index >= 15 is 0 Å². The first-order valence-electron chi connectivity index (χ1n) is 2.24. The quantitative estimate of drug-likeness (QED) is 0.525. The molecule has 0 aromatic heterocycles. The van der Waals surface area contributed by atoms with E-state index in [4.69, 9.17) is 0 Å². The number of alkyl halides is 6. The third kappa shape index (κ3) is 4.45. The van der Waals surface area contributed by atoms with Gasteiger partial charge >= 0.3 is 11.0 Å². The SMILES string of the molecule is O=S(N=[S-](=O)C(F)(F)F)C(F)(F)F. The summed E-state index contributed by atoms with van der Waals surface area (Å²) in [5.41, 5.74) is -10.9. The number of nitrogens with zero attached hydrogens (tertiary/aromatic N) is 1. The Labute approximate surface area is 71.9 Å². The summed E-state index contributed by atoms with van der Waals surface area (Å²) in [5.74, 6) is 0. The van der Waals surface area contributed by atoms with Gasteiger partial charge < -0.3 is 4.21 Å². The third-order valence-corrected chi connectivity index (χ3v) is 2.41. The van der Waals surface area contributed by atoms with Gasteiger partial charge in [-0.3, -0.25) is 3.77 Å². The van der Waals surface area contributed by atoms with Crippen LogP contribution < -0.4 is 0 Å². The zero-order valence-corrected chi connectivity index (χ0v) is 6.98. The molecule has 0 aliphatic heterocycles. The molecule has 0 amide bonds. The summed E-state index contributed by atoms with van der Waals surface area (Å²) in [5, 5.41) is 0. The molecule has 11 heteroatoms. The minimum atomic E-state index is -5.43. The monoisotopic (exact) mass is 248 g/mol. The van der Waals surface area contributed by atoms with Crippen LogP contribution in [0.15, 0.2) is 3.77 Å². The maximum Gasteiger partial charge on any atom is 0.490 e. The molecule has 80 valence electrons. The molecule has 0 aromatic rings. The molecule has 0 aliphatic carbocycles. The van der Waals surface area contributed by atoms with Crippen LogP contribution in [0.1, 0.15) is 0 Å². The van der Waals surface area contributed by atoms with Crippen molar-refractivity contribution in [3.63, 3.8) is 0 Å². The lowest BCUT2D eigenvalue weighted by Crippen LogP contribution is -2.16. The maximum absolute atomic E-state index is 11.3. The molecule has 0 saturated carbocycles. The van der Waals surface area contributed by atoms with Crippen LogP contribution >= 0.6 is 0 Å². The maximum atomic E-state index is 11.3. The molecule has 0 saturated heterocycles. The van der Waals surface area contributed by atoms with Crippen molar-refractivity contribution in [1.29, 1.82) is 0 Å². The van der Waals surface area contributed by atoms with Crippen molar-refractivity contribution >= 4 is 21.6 Å². The van der Waals surface area contributed by atoms with Gasteiger partial charge in [0.25, 0.3) is 0 Å². The summed E-state index contributed by atoms with van der Waals surface area (Å²) in [6, 6.07) is 0. The highest BCUT2D eigenvalue weighted by atomic mass is 32.2. The first-order chi connectivity index (χ1) is 5.55. The average Bonchev–Trinajstić information content (AvgIpc) is 1.82. The normalized spacial score (nSPS) is 18.6. The van der Waals surface area contributed by atoms with Crippen molar-refractivity contribution in [1.82, 2.24) is 0 Å². The number of hydrogen-bond donors (Lipinski definition) is 0. The smallest absolute Gasteiger partial charge is 0.435 e.